The van der Waals surface area contributed by atoms with E-state index in [2.05, 4.69) is 19.2 Å². The number of rotatable bonds is 4. The van der Waals surface area contributed by atoms with E-state index in [4.69, 9.17) is 0 Å². The van der Waals surface area contributed by atoms with Gasteiger partial charge in [-0.25, -0.2) is 0 Å². The number of hydrogen-bond donors (Lipinski definition) is 1. The zero-order chi connectivity index (χ0) is 14.5. The molecule has 1 aromatic carbocycles. The number of nitrogens with zero attached hydrogens (tertiary/aromatic N) is 1. The largest absolute Gasteiger partial charge is 0.354 e. The molecule has 4 nitrogen and oxygen atoms in total. The van der Waals surface area contributed by atoms with Crippen LogP contribution in [-0.4, -0.2) is 40.9 Å². The zero-order valence-electron chi connectivity index (χ0n) is 11.8. The Kier molecular flexibility index (Phi) is 5.06. The number of amides is 2. The predicted octanol–water partition coefficient (Wildman–Crippen LogP) is 1.97. The lowest BCUT2D eigenvalue weighted by molar-refractivity contribution is -0.124. The third-order valence-corrected chi connectivity index (χ3v) is 4.16. The number of carbonyl (C=O) groups excluding carboxylic acids is 2. The van der Waals surface area contributed by atoms with Gasteiger partial charge < -0.3 is 10.2 Å². The minimum Gasteiger partial charge on any atom is -0.354 e. The summed E-state index contributed by atoms with van der Waals surface area (Å²) in [6.45, 7) is 4.75. The second kappa shape index (κ2) is 6.79. The SMILES string of the molecule is CC(C)CNC(=O)C1CSCN1C(=O)c1ccccc1. The molecular formula is C15H20N2O2S. The van der Waals surface area contributed by atoms with Gasteiger partial charge in [0.25, 0.3) is 5.91 Å². The quantitative estimate of drug-likeness (QED) is 0.923. The predicted molar refractivity (Wildman–Crippen MR) is 81.6 cm³/mol. The van der Waals surface area contributed by atoms with Gasteiger partial charge in [-0.15, -0.1) is 11.8 Å². The van der Waals surface area contributed by atoms with E-state index in [1.807, 2.05) is 18.2 Å². The first-order chi connectivity index (χ1) is 9.59. The third-order valence-electron chi connectivity index (χ3n) is 3.15. The van der Waals surface area contributed by atoms with E-state index in [1.54, 1.807) is 28.8 Å². The maximum atomic E-state index is 12.4. The molecule has 0 bridgehead atoms. The standard InChI is InChI=1S/C15H20N2O2S/c1-11(2)8-16-14(18)13-9-20-10-17(13)15(19)12-6-4-3-5-7-12/h3-7,11,13H,8-10H2,1-2H3,(H,16,18). The van der Waals surface area contributed by atoms with Crippen molar-refractivity contribution in [1.82, 2.24) is 10.2 Å². The first-order valence-corrected chi connectivity index (χ1v) is 7.96. The second-order valence-corrected chi connectivity index (χ2v) is 6.30. The molecule has 0 aromatic heterocycles. The summed E-state index contributed by atoms with van der Waals surface area (Å²) < 4.78 is 0. The minimum absolute atomic E-state index is 0.0482. The molecular weight excluding hydrogens is 272 g/mol. The summed E-state index contributed by atoms with van der Waals surface area (Å²) in [5.41, 5.74) is 0.636. The van der Waals surface area contributed by atoms with Crippen LogP contribution in [0.25, 0.3) is 0 Å². The van der Waals surface area contributed by atoms with Crippen LogP contribution < -0.4 is 5.32 Å². The van der Waals surface area contributed by atoms with Crippen LogP contribution in [0.3, 0.4) is 0 Å². The molecule has 1 fully saturated rings. The van der Waals surface area contributed by atoms with Gasteiger partial charge in [-0.2, -0.15) is 0 Å². The van der Waals surface area contributed by atoms with E-state index < -0.39 is 0 Å². The number of hydrogen-bond acceptors (Lipinski definition) is 3. The fourth-order valence-electron chi connectivity index (χ4n) is 2.03. The van der Waals surface area contributed by atoms with Crippen molar-refractivity contribution in [2.75, 3.05) is 18.2 Å². The second-order valence-electron chi connectivity index (χ2n) is 5.30. The summed E-state index contributed by atoms with van der Waals surface area (Å²) >= 11 is 1.62. The summed E-state index contributed by atoms with van der Waals surface area (Å²) in [6.07, 6.45) is 0. The highest BCUT2D eigenvalue weighted by Crippen LogP contribution is 2.23. The van der Waals surface area contributed by atoms with Crippen LogP contribution in [0.1, 0.15) is 24.2 Å². The van der Waals surface area contributed by atoms with Crippen molar-refractivity contribution in [3.63, 3.8) is 0 Å². The Morgan fingerprint density at radius 1 is 1.35 bits per heavy atom. The average molecular weight is 292 g/mol. The van der Waals surface area contributed by atoms with E-state index in [0.717, 1.165) is 0 Å². The van der Waals surface area contributed by atoms with E-state index in [1.165, 1.54) is 0 Å². The molecule has 1 saturated heterocycles. The van der Waals surface area contributed by atoms with E-state index >= 15 is 0 Å². The lowest BCUT2D eigenvalue weighted by Gasteiger charge is -2.23. The molecule has 1 heterocycles. The van der Waals surface area contributed by atoms with Crippen LogP contribution in [0, 0.1) is 5.92 Å². The Labute approximate surface area is 123 Å². The van der Waals surface area contributed by atoms with Crippen LogP contribution in [0.5, 0.6) is 0 Å². The van der Waals surface area contributed by atoms with Crippen molar-refractivity contribution in [2.45, 2.75) is 19.9 Å². The molecule has 20 heavy (non-hydrogen) atoms. The number of thioether (sulfide) groups is 1. The molecule has 0 radical (unpaired) electrons. The minimum atomic E-state index is -0.355. The lowest BCUT2D eigenvalue weighted by Crippen LogP contribution is -2.47. The Bertz CT molecular complexity index is 476. The topological polar surface area (TPSA) is 49.4 Å². The van der Waals surface area contributed by atoms with Crippen molar-refractivity contribution in [3.05, 3.63) is 35.9 Å². The highest BCUT2D eigenvalue weighted by atomic mass is 32.2. The molecule has 108 valence electrons. The Morgan fingerprint density at radius 2 is 2.05 bits per heavy atom. The summed E-state index contributed by atoms with van der Waals surface area (Å²) in [7, 11) is 0. The van der Waals surface area contributed by atoms with Crippen LogP contribution in [0.2, 0.25) is 0 Å². The molecule has 1 atom stereocenters. The van der Waals surface area contributed by atoms with Crippen LogP contribution in [0.4, 0.5) is 0 Å². The summed E-state index contributed by atoms with van der Waals surface area (Å²) in [5, 5.41) is 2.91. The van der Waals surface area contributed by atoms with E-state index in [-0.39, 0.29) is 17.9 Å². The van der Waals surface area contributed by atoms with Gasteiger partial charge in [-0.05, 0) is 18.1 Å². The van der Waals surface area contributed by atoms with Crippen LogP contribution in [-0.2, 0) is 4.79 Å². The molecule has 1 unspecified atom stereocenters. The van der Waals surface area contributed by atoms with Crippen molar-refractivity contribution in [1.29, 1.82) is 0 Å². The highest BCUT2D eigenvalue weighted by Gasteiger charge is 2.34. The Morgan fingerprint density at radius 3 is 2.70 bits per heavy atom. The molecule has 2 amide bonds. The molecule has 0 aliphatic carbocycles. The Hall–Kier alpha value is -1.49. The number of carbonyl (C=O) groups is 2. The monoisotopic (exact) mass is 292 g/mol. The van der Waals surface area contributed by atoms with Gasteiger partial charge in [0, 0.05) is 17.9 Å². The van der Waals surface area contributed by atoms with Gasteiger partial charge in [0.2, 0.25) is 5.91 Å². The van der Waals surface area contributed by atoms with Crippen LogP contribution >= 0.6 is 11.8 Å². The van der Waals surface area contributed by atoms with Gasteiger partial charge in [0.15, 0.2) is 0 Å². The van der Waals surface area contributed by atoms with Crippen LogP contribution in [0.15, 0.2) is 30.3 Å². The summed E-state index contributed by atoms with van der Waals surface area (Å²) in [4.78, 5) is 26.3. The maximum Gasteiger partial charge on any atom is 0.255 e. The first-order valence-electron chi connectivity index (χ1n) is 6.81. The molecule has 0 spiro atoms. The summed E-state index contributed by atoms with van der Waals surface area (Å²) in [6, 6.07) is 8.77. The average Bonchev–Trinajstić information content (AvgIpc) is 2.94. The van der Waals surface area contributed by atoms with Gasteiger partial charge in [0.05, 0.1) is 5.88 Å². The summed E-state index contributed by atoms with van der Waals surface area (Å²) in [5.74, 6) is 1.54. The molecule has 0 saturated carbocycles. The van der Waals surface area contributed by atoms with Crippen molar-refractivity contribution < 1.29 is 9.59 Å². The number of benzene rings is 1. The van der Waals surface area contributed by atoms with Gasteiger partial charge in [-0.1, -0.05) is 32.0 Å². The van der Waals surface area contributed by atoms with Crippen molar-refractivity contribution in [3.8, 4) is 0 Å². The normalized spacial score (nSPS) is 18.4. The maximum absolute atomic E-state index is 12.4. The molecule has 2 rings (SSSR count). The zero-order valence-corrected chi connectivity index (χ0v) is 12.7. The van der Waals surface area contributed by atoms with Gasteiger partial charge >= 0.3 is 0 Å². The van der Waals surface area contributed by atoms with Crippen molar-refractivity contribution >= 4 is 23.6 Å². The lowest BCUT2D eigenvalue weighted by atomic mass is 10.1. The van der Waals surface area contributed by atoms with Crippen molar-refractivity contribution in [2.24, 2.45) is 5.92 Å². The van der Waals surface area contributed by atoms with E-state index in [0.29, 0.717) is 29.7 Å². The third kappa shape index (κ3) is 3.54. The van der Waals surface area contributed by atoms with E-state index in [9.17, 15) is 9.59 Å². The highest BCUT2D eigenvalue weighted by molar-refractivity contribution is 7.99. The Balaban J connectivity index is 2.04. The fourth-order valence-corrected chi connectivity index (χ4v) is 3.18. The molecule has 5 heteroatoms. The molecule has 1 aliphatic heterocycles. The molecule has 1 N–H and O–H groups in total. The molecule has 1 aromatic rings. The molecule has 1 aliphatic rings. The first kappa shape index (κ1) is 14.9. The smallest absolute Gasteiger partial charge is 0.255 e. The fraction of sp³-hybridized carbons (Fsp3) is 0.467. The van der Waals surface area contributed by atoms with Gasteiger partial charge in [0.1, 0.15) is 6.04 Å². The number of nitrogens with one attached hydrogen (secondary N) is 1. The van der Waals surface area contributed by atoms with Gasteiger partial charge in [-0.3, -0.25) is 9.59 Å².